The molecule has 2 rings (SSSR count). The Morgan fingerprint density at radius 3 is 2.25 bits per heavy atom. The molecule has 2 saturated carbocycles. The van der Waals surface area contributed by atoms with Gasteiger partial charge in [-0.1, -0.05) is 32.6 Å². The van der Waals surface area contributed by atoms with Gasteiger partial charge in [0.15, 0.2) is 0 Å². The van der Waals surface area contributed by atoms with Gasteiger partial charge in [-0.25, -0.2) is 0 Å². The fourth-order valence-electron chi connectivity index (χ4n) is 3.23. The van der Waals surface area contributed by atoms with Gasteiger partial charge < -0.3 is 5.73 Å². The van der Waals surface area contributed by atoms with Crippen molar-refractivity contribution in [2.24, 2.45) is 5.73 Å². The molecule has 0 aromatic carbocycles. The van der Waals surface area contributed by atoms with Crippen molar-refractivity contribution in [3.05, 3.63) is 0 Å². The molecule has 6 heteroatoms. The van der Waals surface area contributed by atoms with Crippen molar-refractivity contribution in [3.63, 3.8) is 0 Å². The smallest absolute Gasteiger partial charge is 0.280 e. The highest BCUT2D eigenvalue weighted by Crippen LogP contribution is 2.34. The van der Waals surface area contributed by atoms with E-state index >= 15 is 0 Å². The van der Waals surface area contributed by atoms with E-state index in [-0.39, 0.29) is 11.6 Å². The van der Waals surface area contributed by atoms with Gasteiger partial charge in [0.1, 0.15) is 0 Å². The normalized spacial score (nSPS) is 23.8. The molecular weight excluding hydrogens is 274 g/mol. The lowest BCUT2D eigenvalue weighted by Crippen LogP contribution is -2.59. The molecule has 0 bridgehead atoms. The van der Waals surface area contributed by atoms with Crippen LogP contribution in [-0.4, -0.2) is 37.4 Å². The SMILES string of the molecule is CCCN(C1(CN)CCCCCC1)S(=O)(=O)NC1CC1. The monoisotopic (exact) mass is 303 g/mol. The van der Waals surface area contributed by atoms with Crippen molar-refractivity contribution in [3.8, 4) is 0 Å². The summed E-state index contributed by atoms with van der Waals surface area (Å²) in [5.74, 6) is 0. The number of hydrogen-bond acceptors (Lipinski definition) is 3. The molecule has 3 N–H and O–H groups in total. The maximum atomic E-state index is 12.7. The standard InChI is InChI=1S/C14H29N3O2S/c1-2-11-17(20(18,19)16-13-7-8-13)14(12-15)9-5-3-4-6-10-14/h13,16H,2-12,15H2,1H3. The predicted octanol–water partition coefficient (Wildman–Crippen LogP) is 1.75. The third-order valence-corrected chi connectivity index (χ3v) is 6.33. The number of rotatable bonds is 7. The van der Waals surface area contributed by atoms with Crippen LogP contribution in [0, 0.1) is 0 Å². The Bertz CT molecular complexity index is 399. The van der Waals surface area contributed by atoms with Crippen molar-refractivity contribution in [1.82, 2.24) is 9.03 Å². The van der Waals surface area contributed by atoms with Crippen LogP contribution in [0.3, 0.4) is 0 Å². The van der Waals surface area contributed by atoms with Gasteiger partial charge in [0, 0.05) is 24.7 Å². The van der Waals surface area contributed by atoms with E-state index < -0.39 is 10.2 Å². The first-order chi connectivity index (χ1) is 9.54. The summed E-state index contributed by atoms with van der Waals surface area (Å²) in [6.07, 6.45) is 9.10. The largest absolute Gasteiger partial charge is 0.329 e. The molecule has 2 fully saturated rings. The molecule has 0 saturated heterocycles. The maximum absolute atomic E-state index is 12.7. The van der Waals surface area contributed by atoms with Crippen molar-refractivity contribution >= 4 is 10.2 Å². The summed E-state index contributed by atoms with van der Waals surface area (Å²) in [6, 6.07) is 0.153. The minimum atomic E-state index is -3.40. The van der Waals surface area contributed by atoms with Gasteiger partial charge >= 0.3 is 0 Å². The zero-order valence-corrected chi connectivity index (χ0v) is 13.4. The highest BCUT2D eigenvalue weighted by Gasteiger charge is 2.43. The van der Waals surface area contributed by atoms with Crippen molar-refractivity contribution in [2.45, 2.75) is 76.3 Å². The average Bonchev–Trinajstić information content (AvgIpc) is 3.22. The van der Waals surface area contributed by atoms with Gasteiger partial charge in [-0.05, 0) is 32.1 Å². The molecular formula is C14H29N3O2S. The molecule has 0 amide bonds. The Morgan fingerprint density at radius 1 is 1.20 bits per heavy atom. The molecule has 2 aliphatic rings. The third kappa shape index (κ3) is 3.72. The number of nitrogens with zero attached hydrogens (tertiary/aromatic N) is 1. The lowest BCUT2D eigenvalue weighted by Gasteiger charge is -2.42. The van der Waals surface area contributed by atoms with Crippen molar-refractivity contribution in [2.75, 3.05) is 13.1 Å². The summed E-state index contributed by atoms with van der Waals surface area (Å²) >= 11 is 0. The van der Waals surface area contributed by atoms with E-state index in [2.05, 4.69) is 4.72 Å². The van der Waals surface area contributed by atoms with Crippen LogP contribution < -0.4 is 10.5 Å². The van der Waals surface area contributed by atoms with Gasteiger partial charge in [-0.15, -0.1) is 0 Å². The van der Waals surface area contributed by atoms with Crippen LogP contribution in [0.5, 0.6) is 0 Å². The molecule has 0 radical (unpaired) electrons. The molecule has 118 valence electrons. The van der Waals surface area contributed by atoms with Gasteiger partial charge in [0.25, 0.3) is 10.2 Å². The minimum Gasteiger partial charge on any atom is -0.329 e. The zero-order chi connectivity index (χ0) is 14.6. The number of nitrogens with one attached hydrogen (secondary N) is 1. The van der Waals surface area contributed by atoms with E-state index in [1.807, 2.05) is 6.92 Å². The Labute approximate surface area is 123 Å². The Balaban J connectivity index is 2.23. The van der Waals surface area contributed by atoms with Crippen LogP contribution in [0.1, 0.15) is 64.7 Å². The van der Waals surface area contributed by atoms with Crippen molar-refractivity contribution in [1.29, 1.82) is 0 Å². The van der Waals surface area contributed by atoms with E-state index in [0.29, 0.717) is 13.1 Å². The average molecular weight is 303 g/mol. The Hall–Kier alpha value is -0.170. The predicted molar refractivity (Wildman–Crippen MR) is 81.6 cm³/mol. The van der Waals surface area contributed by atoms with E-state index in [1.54, 1.807) is 4.31 Å². The summed E-state index contributed by atoms with van der Waals surface area (Å²) in [5, 5.41) is 0. The van der Waals surface area contributed by atoms with Crippen molar-refractivity contribution < 1.29 is 8.42 Å². The summed E-state index contributed by atoms with van der Waals surface area (Å²) < 4.78 is 29.9. The molecule has 0 aliphatic heterocycles. The molecule has 0 spiro atoms. The molecule has 5 nitrogen and oxygen atoms in total. The van der Waals surface area contributed by atoms with Gasteiger partial charge in [0.05, 0.1) is 0 Å². The second-order valence-electron chi connectivity index (χ2n) is 6.31. The fourth-order valence-corrected chi connectivity index (χ4v) is 5.21. The summed E-state index contributed by atoms with van der Waals surface area (Å²) in [5.41, 5.74) is 5.68. The fraction of sp³-hybridized carbons (Fsp3) is 1.00. The number of hydrogen-bond donors (Lipinski definition) is 2. The quantitative estimate of drug-likeness (QED) is 0.704. The first-order valence-corrected chi connectivity index (χ1v) is 9.48. The first kappa shape index (κ1) is 16.2. The Morgan fingerprint density at radius 2 is 1.80 bits per heavy atom. The molecule has 0 atom stereocenters. The summed E-state index contributed by atoms with van der Waals surface area (Å²) in [7, 11) is -3.40. The highest BCUT2D eigenvalue weighted by atomic mass is 32.2. The summed E-state index contributed by atoms with van der Waals surface area (Å²) in [4.78, 5) is 0. The van der Waals surface area contributed by atoms with Gasteiger partial charge in [-0.3, -0.25) is 0 Å². The van der Waals surface area contributed by atoms with Crippen LogP contribution in [0.2, 0.25) is 0 Å². The maximum Gasteiger partial charge on any atom is 0.280 e. The second kappa shape index (κ2) is 6.73. The topological polar surface area (TPSA) is 75.4 Å². The molecule has 0 aromatic rings. The van der Waals surface area contributed by atoms with Crippen LogP contribution in [0.4, 0.5) is 0 Å². The van der Waals surface area contributed by atoms with E-state index in [1.165, 1.54) is 12.8 Å². The number of nitrogens with two attached hydrogens (primary N) is 1. The van der Waals surface area contributed by atoms with Crippen LogP contribution in [0.25, 0.3) is 0 Å². The van der Waals surface area contributed by atoms with E-state index in [9.17, 15) is 8.42 Å². The highest BCUT2D eigenvalue weighted by molar-refractivity contribution is 7.87. The van der Waals surface area contributed by atoms with Crippen LogP contribution in [-0.2, 0) is 10.2 Å². The van der Waals surface area contributed by atoms with E-state index in [4.69, 9.17) is 5.73 Å². The summed E-state index contributed by atoms with van der Waals surface area (Å²) in [6.45, 7) is 3.03. The molecule has 0 unspecified atom stereocenters. The third-order valence-electron chi connectivity index (χ3n) is 4.55. The van der Waals surface area contributed by atoms with Crippen LogP contribution >= 0.6 is 0 Å². The molecule has 20 heavy (non-hydrogen) atoms. The lowest BCUT2D eigenvalue weighted by atomic mass is 9.90. The first-order valence-electron chi connectivity index (χ1n) is 8.04. The lowest BCUT2D eigenvalue weighted by molar-refractivity contribution is 0.165. The van der Waals surface area contributed by atoms with Gasteiger partial charge in [-0.2, -0.15) is 17.4 Å². The molecule has 2 aliphatic carbocycles. The molecule has 0 aromatic heterocycles. The minimum absolute atomic E-state index is 0.153. The zero-order valence-electron chi connectivity index (χ0n) is 12.6. The van der Waals surface area contributed by atoms with Crippen LogP contribution in [0.15, 0.2) is 0 Å². The molecule has 0 heterocycles. The Kier molecular flexibility index (Phi) is 5.45. The van der Waals surface area contributed by atoms with Gasteiger partial charge in [0.2, 0.25) is 0 Å². The second-order valence-corrected chi connectivity index (χ2v) is 7.94. The van der Waals surface area contributed by atoms with E-state index in [0.717, 1.165) is 44.9 Å².